The molecule has 0 N–H and O–H groups in total. The van der Waals surface area contributed by atoms with Gasteiger partial charge < -0.3 is 4.90 Å². The lowest BCUT2D eigenvalue weighted by atomic mass is 10.0. The van der Waals surface area contributed by atoms with Gasteiger partial charge in [0.25, 0.3) is 0 Å². The molecular weight excluding hydrogens is 308 g/mol. The van der Waals surface area contributed by atoms with Crippen LogP contribution in [-0.4, -0.2) is 23.9 Å². The summed E-state index contributed by atoms with van der Waals surface area (Å²) in [5.74, 6) is 1.27. The highest BCUT2D eigenvalue weighted by molar-refractivity contribution is 6.31. The molecule has 0 radical (unpaired) electrons. The zero-order valence-corrected chi connectivity index (χ0v) is 15.4. The predicted molar refractivity (Wildman–Crippen MR) is 95.3 cm³/mol. The molecule has 2 rings (SSSR count). The highest BCUT2D eigenvalue weighted by Crippen LogP contribution is 2.22. The van der Waals surface area contributed by atoms with Crippen molar-refractivity contribution in [3.63, 3.8) is 0 Å². The van der Waals surface area contributed by atoms with Gasteiger partial charge in [0.2, 0.25) is 5.91 Å². The Labute approximate surface area is 145 Å². The number of hydrogen-bond donors (Lipinski definition) is 0. The summed E-state index contributed by atoms with van der Waals surface area (Å²) in [5, 5.41) is 9.00. The summed E-state index contributed by atoms with van der Waals surface area (Å²) in [7, 11) is 0. The van der Waals surface area contributed by atoms with Crippen LogP contribution in [0.25, 0.3) is 0 Å². The number of nitriles is 1. The van der Waals surface area contributed by atoms with Gasteiger partial charge in [-0.05, 0) is 43.4 Å². The zero-order chi connectivity index (χ0) is 17.4. The molecular formula is C19H27ClN2O. The molecule has 1 aromatic carbocycles. The average Bonchev–Trinajstić information content (AvgIpc) is 2.96. The van der Waals surface area contributed by atoms with Gasteiger partial charge in [0.1, 0.15) is 6.07 Å². The van der Waals surface area contributed by atoms with Crippen LogP contribution in [0.5, 0.6) is 0 Å². The number of rotatable bonds is 3. The summed E-state index contributed by atoms with van der Waals surface area (Å²) in [5.41, 5.74) is 1.61. The molecule has 3 nitrogen and oxygen atoms in total. The fourth-order valence-corrected chi connectivity index (χ4v) is 3.03. The van der Waals surface area contributed by atoms with E-state index in [4.69, 9.17) is 16.9 Å². The first-order valence-electron chi connectivity index (χ1n) is 8.34. The van der Waals surface area contributed by atoms with Crippen LogP contribution < -0.4 is 0 Å². The van der Waals surface area contributed by atoms with E-state index in [1.807, 2.05) is 37.8 Å². The highest BCUT2D eigenvalue weighted by Gasteiger charge is 2.26. The van der Waals surface area contributed by atoms with Crippen molar-refractivity contribution in [1.82, 2.24) is 4.90 Å². The maximum atomic E-state index is 11.6. The second kappa shape index (κ2) is 9.57. The van der Waals surface area contributed by atoms with E-state index < -0.39 is 0 Å². The summed E-state index contributed by atoms with van der Waals surface area (Å²) < 4.78 is 0. The van der Waals surface area contributed by atoms with Crippen LogP contribution in [0.15, 0.2) is 18.2 Å². The molecule has 0 saturated carbocycles. The normalized spacial score (nSPS) is 16.7. The Hall–Kier alpha value is -1.53. The zero-order valence-electron chi connectivity index (χ0n) is 14.6. The lowest BCUT2D eigenvalue weighted by molar-refractivity contribution is -0.133. The Bertz CT molecular complexity index is 563. The number of nitrogens with zero attached hydrogens (tertiary/aromatic N) is 2. The number of aryl methyl sites for hydroxylation is 1. The third-order valence-electron chi connectivity index (χ3n) is 4.03. The minimum atomic E-state index is 0.167. The predicted octanol–water partition coefficient (Wildman–Crippen LogP) is 4.81. The van der Waals surface area contributed by atoms with Crippen molar-refractivity contribution >= 4 is 17.5 Å². The molecule has 1 aromatic rings. The Balaban J connectivity index is 0.000000238. The Morgan fingerprint density at radius 2 is 2.17 bits per heavy atom. The maximum Gasteiger partial charge on any atom is 0.225 e. The minimum absolute atomic E-state index is 0.167. The maximum absolute atomic E-state index is 11.6. The van der Waals surface area contributed by atoms with Gasteiger partial charge in [0, 0.05) is 19.0 Å². The summed E-state index contributed by atoms with van der Waals surface area (Å²) in [6, 6.07) is 7.35. The summed E-state index contributed by atoms with van der Waals surface area (Å²) in [6.07, 6.45) is 3.74. The molecule has 1 unspecified atom stereocenters. The minimum Gasteiger partial charge on any atom is -0.342 e. The molecule has 0 bridgehead atoms. The van der Waals surface area contributed by atoms with E-state index in [0.29, 0.717) is 16.5 Å². The third-order valence-corrected chi connectivity index (χ3v) is 4.35. The molecule has 126 valence electrons. The number of amides is 1. The van der Waals surface area contributed by atoms with Crippen molar-refractivity contribution < 1.29 is 4.79 Å². The van der Waals surface area contributed by atoms with Gasteiger partial charge in [-0.1, -0.05) is 44.9 Å². The van der Waals surface area contributed by atoms with E-state index in [9.17, 15) is 4.79 Å². The summed E-state index contributed by atoms with van der Waals surface area (Å²) in [4.78, 5) is 13.7. The van der Waals surface area contributed by atoms with Crippen molar-refractivity contribution in [2.75, 3.05) is 13.1 Å². The van der Waals surface area contributed by atoms with Crippen LogP contribution in [0.2, 0.25) is 5.02 Å². The number of halogens is 1. The van der Waals surface area contributed by atoms with Crippen LogP contribution in [-0.2, 0) is 4.79 Å². The molecule has 1 heterocycles. The van der Waals surface area contributed by atoms with Gasteiger partial charge in [-0.2, -0.15) is 5.26 Å². The first-order chi connectivity index (χ1) is 10.9. The molecule has 1 amide bonds. The van der Waals surface area contributed by atoms with Gasteiger partial charge in [0.05, 0.1) is 10.6 Å². The van der Waals surface area contributed by atoms with Gasteiger partial charge in [-0.15, -0.1) is 0 Å². The van der Waals surface area contributed by atoms with Crippen LogP contribution >= 0.6 is 11.6 Å². The average molecular weight is 335 g/mol. The molecule has 0 aliphatic carbocycles. The molecule has 1 atom stereocenters. The fraction of sp³-hybridized carbons (Fsp3) is 0.579. The quantitative estimate of drug-likeness (QED) is 0.796. The number of benzene rings is 1. The first kappa shape index (κ1) is 19.5. The van der Waals surface area contributed by atoms with E-state index in [2.05, 4.69) is 6.92 Å². The standard InChI is InChI=1S/C11H21NO.C8H6ClN/c1-4-5-10-6-7-12(8-10)11(13)9(2)3;1-6-2-3-7(5-10)8(9)4-6/h9-10H,4-8H2,1-3H3;2-4H,1H3. The molecule has 23 heavy (non-hydrogen) atoms. The second-order valence-corrected chi connectivity index (χ2v) is 6.88. The van der Waals surface area contributed by atoms with E-state index in [0.717, 1.165) is 24.6 Å². The number of hydrogen-bond acceptors (Lipinski definition) is 2. The number of likely N-dealkylation sites (tertiary alicyclic amines) is 1. The van der Waals surface area contributed by atoms with E-state index in [1.54, 1.807) is 12.1 Å². The van der Waals surface area contributed by atoms with Gasteiger partial charge in [0.15, 0.2) is 0 Å². The highest BCUT2D eigenvalue weighted by atomic mass is 35.5. The lowest BCUT2D eigenvalue weighted by Gasteiger charge is -2.18. The van der Waals surface area contributed by atoms with Gasteiger partial charge in [-0.25, -0.2) is 0 Å². The largest absolute Gasteiger partial charge is 0.342 e. The second-order valence-electron chi connectivity index (χ2n) is 6.48. The SMILES string of the molecule is CCCC1CCN(C(=O)C(C)C)C1.Cc1ccc(C#N)c(Cl)c1. The van der Waals surface area contributed by atoms with Gasteiger partial charge in [-0.3, -0.25) is 4.79 Å². The van der Waals surface area contributed by atoms with Crippen molar-refractivity contribution in [2.24, 2.45) is 11.8 Å². The van der Waals surface area contributed by atoms with Crippen LogP contribution in [0.4, 0.5) is 0 Å². The smallest absolute Gasteiger partial charge is 0.225 e. The van der Waals surface area contributed by atoms with Crippen LogP contribution in [0, 0.1) is 30.1 Å². The molecule has 1 fully saturated rings. The lowest BCUT2D eigenvalue weighted by Crippen LogP contribution is -2.32. The Morgan fingerprint density at radius 1 is 1.48 bits per heavy atom. The number of carbonyl (C=O) groups is 1. The molecule has 1 aliphatic heterocycles. The van der Waals surface area contributed by atoms with E-state index in [-0.39, 0.29) is 5.92 Å². The fourth-order valence-electron chi connectivity index (χ4n) is 2.75. The summed E-state index contributed by atoms with van der Waals surface area (Å²) in [6.45, 7) is 10.1. The topological polar surface area (TPSA) is 44.1 Å². The Kier molecular flexibility index (Phi) is 8.12. The first-order valence-corrected chi connectivity index (χ1v) is 8.71. The molecule has 0 aromatic heterocycles. The van der Waals surface area contributed by atoms with E-state index in [1.165, 1.54) is 19.3 Å². The van der Waals surface area contributed by atoms with Crippen molar-refractivity contribution in [3.8, 4) is 6.07 Å². The molecule has 1 aliphatic rings. The molecule has 4 heteroatoms. The van der Waals surface area contributed by atoms with Crippen molar-refractivity contribution in [3.05, 3.63) is 34.3 Å². The third kappa shape index (κ3) is 6.23. The van der Waals surface area contributed by atoms with Crippen molar-refractivity contribution in [1.29, 1.82) is 5.26 Å². The monoisotopic (exact) mass is 334 g/mol. The van der Waals surface area contributed by atoms with Crippen molar-refractivity contribution in [2.45, 2.75) is 47.0 Å². The van der Waals surface area contributed by atoms with E-state index >= 15 is 0 Å². The van der Waals surface area contributed by atoms with Crippen LogP contribution in [0.1, 0.15) is 51.2 Å². The molecule has 0 spiro atoms. The summed E-state index contributed by atoms with van der Waals surface area (Å²) >= 11 is 5.71. The number of carbonyl (C=O) groups excluding carboxylic acids is 1. The van der Waals surface area contributed by atoms with Gasteiger partial charge >= 0.3 is 0 Å². The van der Waals surface area contributed by atoms with Crippen LogP contribution in [0.3, 0.4) is 0 Å². The molecule has 1 saturated heterocycles. The Morgan fingerprint density at radius 3 is 2.70 bits per heavy atom.